The summed E-state index contributed by atoms with van der Waals surface area (Å²) in [5.74, 6) is 0.692. The number of hydrogen-bond donors (Lipinski definition) is 0. The summed E-state index contributed by atoms with van der Waals surface area (Å²) in [7, 11) is -16.1. The first-order valence-corrected chi connectivity index (χ1v) is 28.7. The van der Waals surface area contributed by atoms with E-state index in [9.17, 15) is 33.7 Å². The van der Waals surface area contributed by atoms with Crippen LogP contribution in [0.15, 0.2) is 165 Å². The second-order valence-electron chi connectivity index (χ2n) is 16.6. The van der Waals surface area contributed by atoms with Gasteiger partial charge in [-0.15, -0.1) is 0 Å². The minimum Gasteiger partial charge on any atom is -0.491 e. The topological polar surface area (TPSA) is 198 Å². The third kappa shape index (κ3) is 16.0. The summed E-state index contributed by atoms with van der Waals surface area (Å²) in [6.45, 7) is 6.36. The van der Waals surface area contributed by atoms with Crippen molar-refractivity contribution in [1.82, 2.24) is 8.61 Å². The van der Waals surface area contributed by atoms with Gasteiger partial charge in [0.15, 0.2) is 0 Å². The van der Waals surface area contributed by atoms with E-state index in [1.807, 2.05) is 27.7 Å². The van der Waals surface area contributed by atoms with Crippen molar-refractivity contribution in [3.63, 3.8) is 0 Å². The molecule has 6 aromatic carbocycles. The Kier molecular flexibility index (Phi) is 20.1. The number of para-hydroxylation sites is 2. The first kappa shape index (κ1) is 55.8. The minimum atomic E-state index is -4.05. The number of rotatable bonds is 29. The summed E-state index contributed by atoms with van der Waals surface area (Å²) in [6, 6.07) is 39.2. The van der Waals surface area contributed by atoms with Crippen LogP contribution in [0.2, 0.25) is 0 Å². The Morgan fingerprint density at radius 2 is 0.653 bits per heavy atom. The molecule has 0 aromatic heterocycles. The smallest absolute Gasteiger partial charge is 0.297 e. The second-order valence-corrected chi connectivity index (χ2v) is 23.7. The molecule has 0 spiro atoms. The maximum atomic E-state index is 14.1. The average molecular weight is 1070 g/mol. The Morgan fingerprint density at radius 3 is 0.986 bits per heavy atom. The van der Waals surface area contributed by atoms with Crippen LogP contribution < -0.4 is 9.47 Å². The van der Waals surface area contributed by atoms with Crippen LogP contribution >= 0.6 is 0 Å². The fraction of sp³-hybridized carbons (Fsp3) is 0.308. The van der Waals surface area contributed by atoms with Crippen molar-refractivity contribution in [3.8, 4) is 11.5 Å². The highest BCUT2D eigenvalue weighted by Crippen LogP contribution is 2.27. The van der Waals surface area contributed by atoms with Crippen molar-refractivity contribution in [2.75, 3.05) is 65.9 Å². The molecule has 0 radical (unpaired) electrons. The summed E-state index contributed by atoms with van der Waals surface area (Å²) in [4.78, 5) is 0.214. The van der Waals surface area contributed by atoms with E-state index in [0.717, 1.165) is 22.3 Å². The van der Waals surface area contributed by atoms with E-state index in [1.54, 1.807) is 97.1 Å². The molecule has 0 fully saturated rings. The van der Waals surface area contributed by atoms with Gasteiger partial charge in [0.05, 0.1) is 46.0 Å². The lowest BCUT2D eigenvalue weighted by Crippen LogP contribution is -2.34. The number of hydrogen-bond acceptors (Lipinski definition) is 14. The first-order chi connectivity index (χ1) is 34.3. The summed E-state index contributed by atoms with van der Waals surface area (Å²) < 4.78 is 144. The predicted octanol–water partition coefficient (Wildman–Crippen LogP) is 7.60. The van der Waals surface area contributed by atoms with Gasteiger partial charge in [0.2, 0.25) is 20.0 Å². The van der Waals surface area contributed by atoms with Crippen LogP contribution in [-0.2, 0) is 71.2 Å². The Balaban J connectivity index is 1.04. The summed E-state index contributed by atoms with van der Waals surface area (Å²) in [5.41, 5.74) is 4.62. The molecule has 0 heterocycles. The molecular formula is C52H60N2O14S4. The lowest BCUT2D eigenvalue weighted by atomic mass is 10.2. The maximum absolute atomic E-state index is 14.1. The SMILES string of the molecule is Cc1ccc(S(=O)(=O)OCCOc2ccccc2CN(CCOCCOCCN(Cc2ccccc2OCCOS(=O)(=O)c2ccc(C)cc2)S(=O)(=O)c2ccc(C)cc2)S(=O)(=O)c2ccc(C)cc2)cc1. The molecule has 0 amide bonds. The van der Waals surface area contributed by atoms with E-state index in [4.69, 9.17) is 27.3 Å². The molecule has 0 saturated carbocycles. The van der Waals surface area contributed by atoms with E-state index in [2.05, 4.69) is 0 Å². The molecule has 20 heteroatoms. The molecule has 386 valence electrons. The average Bonchev–Trinajstić information content (AvgIpc) is 3.35. The normalized spacial score (nSPS) is 12.4. The van der Waals surface area contributed by atoms with Gasteiger partial charge in [0.1, 0.15) is 37.9 Å². The molecule has 0 saturated heterocycles. The quantitative estimate of drug-likeness (QED) is 0.0329. The molecule has 0 aliphatic rings. The monoisotopic (exact) mass is 1060 g/mol. The van der Waals surface area contributed by atoms with Crippen molar-refractivity contribution in [3.05, 3.63) is 179 Å². The highest BCUT2D eigenvalue weighted by atomic mass is 32.2. The zero-order valence-corrected chi connectivity index (χ0v) is 43.9. The van der Waals surface area contributed by atoms with Gasteiger partial charge in [-0.3, -0.25) is 8.37 Å². The van der Waals surface area contributed by atoms with E-state index >= 15 is 0 Å². The summed E-state index contributed by atoms with van der Waals surface area (Å²) >= 11 is 0. The van der Waals surface area contributed by atoms with Crippen molar-refractivity contribution in [2.45, 2.75) is 60.4 Å². The molecule has 0 aliphatic heterocycles. The molecule has 0 bridgehead atoms. The van der Waals surface area contributed by atoms with Gasteiger partial charge < -0.3 is 18.9 Å². The number of aryl methyl sites for hydroxylation is 4. The van der Waals surface area contributed by atoms with Gasteiger partial charge in [-0.1, -0.05) is 107 Å². The number of sulfonamides is 2. The maximum Gasteiger partial charge on any atom is 0.297 e. The van der Waals surface area contributed by atoms with Crippen molar-refractivity contribution >= 4 is 40.3 Å². The zero-order chi connectivity index (χ0) is 51.8. The van der Waals surface area contributed by atoms with Gasteiger partial charge in [-0.25, -0.2) is 16.8 Å². The number of nitrogens with zero attached hydrogens (tertiary/aromatic N) is 2. The van der Waals surface area contributed by atoms with Crippen LogP contribution in [0.3, 0.4) is 0 Å². The van der Waals surface area contributed by atoms with E-state index < -0.39 is 40.3 Å². The fourth-order valence-electron chi connectivity index (χ4n) is 7.01. The highest BCUT2D eigenvalue weighted by Gasteiger charge is 2.28. The van der Waals surface area contributed by atoms with E-state index in [1.165, 1.54) is 57.1 Å². The Hall–Kier alpha value is -5.52. The van der Waals surface area contributed by atoms with Crippen molar-refractivity contribution in [1.29, 1.82) is 0 Å². The standard InChI is InChI=1S/C52H60N2O14S4/c1-41-13-21-47(22-14-41)69(55,56)53(39-45-9-5-7-11-51(45)65-35-37-67-71(59,60)49-25-17-43(3)18-26-49)29-31-63-33-34-64-32-30-54(70(57,58)48-23-15-42(2)16-24-48)40-46-10-6-8-12-52(46)66-36-38-68-72(61,62)50-27-19-44(4)20-28-50/h5-28H,29-40H2,1-4H3. The lowest BCUT2D eigenvalue weighted by molar-refractivity contribution is 0.0408. The van der Waals surface area contributed by atoms with E-state index in [0.29, 0.717) is 22.6 Å². The highest BCUT2D eigenvalue weighted by molar-refractivity contribution is 7.89. The van der Waals surface area contributed by atoms with Crippen LogP contribution in [-0.4, -0.2) is 108 Å². The predicted molar refractivity (Wildman–Crippen MR) is 272 cm³/mol. The number of benzene rings is 6. The Morgan fingerprint density at radius 1 is 0.347 bits per heavy atom. The largest absolute Gasteiger partial charge is 0.491 e. The zero-order valence-electron chi connectivity index (χ0n) is 40.6. The molecule has 6 rings (SSSR count). The van der Waals surface area contributed by atoms with Gasteiger partial charge in [0, 0.05) is 37.3 Å². The minimum absolute atomic E-state index is 0.0180. The van der Waals surface area contributed by atoms with Gasteiger partial charge >= 0.3 is 0 Å². The molecular weight excluding hydrogens is 1000 g/mol. The van der Waals surface area contributed by atoms with Crippen LogP contribution in [0.1, 0.15) is 33.4 Å². The van der Waals surface area contributed by atoms with Gasteiger partial charge in [0.25, 0.3) is 20.2 Å². The molecule has 0 aliphatic carbocycles. The third-order valence-electron chi connectivity index (χ3n) is 11.1. The molecule has 0 unspecified atom stereocenters. The van der Waals surface area contributed by atoms with Crippen molar-refractivity contribution in [2.24, 2.45) is 0 Å². The van der Waals surface area contributed by atoms with Gasteiger partial charge in [-0.2, -0.15) is 25.4 Å². The first-order valence-electron chi connectivity index (χ1n) is 23.0. The Bertz CT molecular complexity index is 2920. The van der Waals surface area contributed by atoms with Gasteiger partial charge in [-0.05, 0) is 88.4 Å². The fourth-order valence-corrected chi connectivity index (χ4v) is 11.6. The van der Waals surface area contributed by atoms with Crippen LogP contribution in [0.25, 0.3) is 0 Å². The van der Waals surface area contributed by atoms with Crippen molar-refractivity contribution < 1.29 is 61.0 Å². The van der Waals surface area contributed by atoms with E-state index in [-0.39, 0.29) is 98.6 Å². The van der Waals surface area contributed by atoms with Crippen LogP contribution in [0.5, 0.6) is 11.5 Å². The van der Waals surface area contributed by atoms with Crippen LogP contribution in [0, 0.1) is 27.7 Å². The third-order valence-corrected chi connectivity index (χ3v) is 17.4. The van der Waals surface area contributed by atoms with Crippen LogP contribution in [0.4, 0.5) is 0 Å². The Labute approximate surface area is 424 Å². The molecule has 16 nitrogen and oxygen atoms in total. The summed E-state index contributed by atoms with van der Waals surface area (Å²) in [5, 5.41) is 0. The molecule has 72 heavy (non-hydrogen) atoms. The molecule has 6 aromatic rings. The lowest BCUT2D eigenvalue weighted by Gasteiger charge is -2.24. The second kappa shape index (κ2) is 25.9. The summed E-state index contributed by atoms with van der Waals surface area (Å²) in [6.07, 6.45) is 0. The number of ether oxygens (including phenoxy) is 4. The molecule has 0 N–H and O–H groups in total. The molecule has 0 atom stereocenters.